The highest BCUT2D eigenvalue weighted by Crippen LogP contribution is 2.18. The molecule has 0 aromatic carbocycles. The predicted octanol–water partition coefficient (Wildman–Crippen LogP) is 11.8. The van der Waals surface area contributed by atoms with E-state index in [2.05, 4.69) is 55.5 Å². The van der Waals surface area contributed by atoms with E-state index in [4.69, 9.17) is 9.63 Å². The van der Waals surface area contributed by atoms with Crippen LogP contribution >= 0.6 is 8.81 Å². The Morgan fingerprint density at radius 2 is 0.957 bits per heavy atom. The minimum absolute atomic E-state index is 0.00332. The van der Waals surface area contributed by atoms with Gasteiger partial charge in [-0.25, -0.2) is 0 Å². The number of carbonyl (C=O) groups excluding carboxylic acids is 2. The second-order valence-electron chi connectivity index (χ2n) is 13.0. The summed E-state index contributed by atoms with van der Waals surface area (Å²) in [5, 5.41) is 17.9. The molecule has 0 amide bonds. The van der Waals surface area contributed by atoms with Gasteiger partial charge in [0.2, 0.25) is 0 Å². The van der Waals surface area contributed by atoms with E-state index in [1.54, 1.807) is 0 Å². The van der Waals surface area contributed by atoms with E-state index < -0.39 is 6.10 Å². The summed E-state index contributed by atoms with van der Waals surface area (Å²) in [4.78, 5) is 23.9. The Labute approximate surface area is 292 Å². The van der Waals surface area contributed by atoms with Gasteiger partial charge < -0.3 is 14.7 Å². The number of rotatable bonds is 37. The smallest absolute Gasteiger partial charge is 0.178 e. The molecule has 2 unspecified atom stereocenters. The van der Waals surface area contributed by atoms with Crippen LogP contribution in [0.3, 0.4) is 0 Å². The number of hydrogen-bond acceptors (Lipinski definition) is 5. The van der Waals surface area contributed by atoms with Crippen molar-refractivity contribution in [3.05, 3.63) is 48.6 Å². The third kappa shape index (κ3) is 38.9. The Morgan fingerprint density at radius 1 is 0.553 bits per heavy atom. The maximum absolute atomic E-state index is 12.2. The molecule has 2 N–H and O–H groups in total. The predicted molar refractivity (Wildman–Crippen MR) is 204 cm³/mol. The van der Waals surface area contributed by atoms with E-state index in [1.165, 1.54) is 96.3 Å². The van der Waals surface area contributed by atoms with Crippen molar-refractivity contribution in [2.45, 2.75) is 186 Å². The molecule has 0 fully saturated rings. The summed E-state index contributed by atoms with van der Waals surface area (Å²) in [6, 6.07) is 0. The van der Waals surface area contributed by atoms with Gasteiger partial charge in [-0.1, -0.05) is 152 Å². The molecule has 0 aromatic rings. The molecule has 0 aliphatic carbocycles. The van der Waals surface area contributed by atoms with Gasteiger partial charge in [0.05, 0.1) is 22.0 Å². The second-order valence-corrected chi connectivity index (χ2v) is 14.0. The molecule has 47 heavy (non-hydrogen) atoms. The zero-order valence-electron chi connectivity index (χ0n) is 30.3. The fourth-order valence-electron chi connectivity index (χ4n) is 5.33. The van der Waals surface area contributed by atoms with Crippen LogP contribution < -0.4 is 0 Å². The Bertz CT molecular complexity index is 804. The number of Topliss-reactive ketones (excluding diaryl/α,β-unsaturated/α-hetero) is 1. The van der Waals surface area contributed by atoms with E-state index in [9.17, 15) is 14.7 Å². The van der Waals surface area contributed by atoms with Crippen molar-refractivity contribution in [2.75, 3.05) is 13.2 Å². The van der Waals surface area contributed by atoms with Gasteiger partial charge in [-0.2, -0.15) is 0 Å². The summed E-state index contributed by atoms with van der Waals surface area (Å²) in [5.41, 5.74) is 0.0498. The number of hydrogen-bond donors (Lipinski definition) is 2. The molecule has 0 aliphatic rings. The van der Waals surface area contributed by atoms with Crippen LogP contribution in [0.15, 0.2) is 48.6 Å². The molecule has 0 bridgehead atoms. The Kier molecular flexibility index (Phi) is 37.9. The molecule has 2 atom stereocenters. The number of allylic oxidation sites excluding steroid dienone is 8. The van der Waals surface area contributed by atoms with Crippen molar-refractivity contribution in [3.63, 3.8) is 0 Å². The van der Waals surface area contributed by atoms with Gasteiger partial charge in [0.1, 0.15) is 11.9 Å². The summed E-state index contributed by atoms with van der Waals surface area (Å²) in [5.74, 6) is 0.468. The molecular weight excluding hydrogens is 603 g/mol. The van der Waals surface area contributed by atoms with Crippen LogP contribution in [0.2, 0.25) is 0 Å². The number of carbonyl (C=O) groups is 2. The molecular formula is C41H73O5P. The maximum Gasteiger partial charge on any atom is 0.178 e. The molecule has 0 rings (SSSR count). The summed E-state index contributed by atoms with van der Waals surface area (Å²) in [7, 11) is -0.256. The Morgan fingerprint density at radius 3 is 1.43 bits per heavy atom. The SMILES string of the molecule is CCCCCCCCCCCCCCCCCC(=O)CCCCCC=CCC=CCC=CCC=CCCCC(=O)POCC(O)CO. The van der Waals surface area contributed by atoms with Crippen LogP contribution in [0.1, 0.15) is 180 Å². The molecule has 0 aromatic heterocycles. The minimum atomic E-state index is -0.910. The molecule has 0 aliphatic heterocycles. The fraction of sp³-hybridized carbons (Fsp3) is 0.756. The lowest BCUT2D eigenvalue weighted by molar-refractivity contribution is -0.119. The molecule has 0 radical (unpaired) electrons. The van der Waals surface area contributed by atoms with Crippen molar-refractivity contribution in [2.24, 2.45) is 0 Å². The summed E-state index contributed by atoms with van der Waals surface area (Å²) in [6.45, 7) is 1.94. The van der Waals surface area contributed by atoms with E-state index in [0.717, 1.165) is 70.6 Å². The van der Waals surface area contributed by atoms with Gasteiger partial charge >= 0.3 is 0 Å². The normalized spacial score (nSPS) is 13.1. The lowest BCUT2D eigenvalue weighted by Gasteiger charge is -2.06. The van der Waals surface area contributed by atoms with Crippen LogP contribution in [0.25, 0.3) is 0 Å². The van der Waals surface area contributed by atoms with Gasteiger partial charge in [0.15, 0.2) is 5.52 Å². The van der Waals surface area contributed by atoms with Crippen molar-refractivity contribution in [3.8, 4) is 0 Å². The largest absolute Gasteiger partial charge is 0.394 e. The summed E-state index contributed by atoms with van der Waals surface area (Å²) < 4.78 is 5.10. The van der Waals surface area contributed by atoms with Crippen molar-refractivity contribution in [1.29, 1.82) is 0 Å². The van der Waals surface area contributed by atoms with Gasteiger partial charge in [-0.05, 0) is 57.8 Å². The van der Waals surface area contributed by atoms with E-state index in [1.807, 2.05) is 0 Å². The average molecular weight is 677 g/mol. The van der Waals surface area contributed by atoms with Crippen LogP contribution in [-0.4, -0.2) is 40.8 Å². The molecule has 0 saturated carbocycles. The summed E-state index contributed by atoms with van der Waals surface area (Å²) in [6.07, 6.45) is 48.0. The lowest BCUT2D eigenvalue weighted by Crippen LogP contribution is -2.17. The standard InChI is InChI=1S/C41H73O5P/c1-2-3-4-5-6-7-8-9-13-16-19-22-25-28-31-34-39(43)35-32-29-26-23-20-17-14-11-10-12-15-18-21-24-27-30-33-36-41(45)47-46-38-40(44)37-42/h10-11,15,17-18,20,24,27,40,42,44,47H,2-9,12-14,16,19,21-23,25-26,28-38H2,1H3. The van der Waals surface area contributed by atoms with Crippen LogP contribution in [0, 0.1) is 0 Å². The fourth-order valence-corrected chi connectivity index (χ4v) is 6.05. The van der Waals surface area contributed by atoms with Gasteiger partial charge in [-0.15, -0.1) is 0 Å². The Balaban J connectivity index is 3.42. The number of aliphatic hydroxyl groups excluding tert-OH is 2. The number of aliphatic hydroxyl groups is 2. The molecule has 0 spiro atoms. The first-order valence-corrected chi connectivity index (χ1v) is 20.3. The van der Waals surface area contributed by atoms with Crippen molar-refractivity contribution in [1.82, 2.24) is 0 Å². The third-order valence-corrected chi connectivity index (χ3v) is 9.10. The molecule has 272 valence electrons. The van der Waals surface area contributed by atoms with Gasteiger partial charge in [0, 0.05) is 19.3 Å². The highest BCUT2D eigenvalue weighted by molar-refractivity contribution is 7.53. The quantitative estimate of drug-likeness (QED) is 0.0389. The zero-order chi connectivity index (χ0) is 34.3. The number of ketones is 1. The molecule has 6 heteroatoms. The third-order valence-electron chi connectivity index (χ3n) is 8.32. The highest BCUT2D eigenvalue weighted by atomic mass is 31.1. The topological polar surface area (TPSA) is 83.8 Å². The highest BCUT2D eigenvalue weighted by Gasteiger charge is 2.06. The van der Waals surface area contributed by atoms with E-state index >= 15 is 0 Å². The molecule has 0 saturated heterocycles. The van der Waals surface area contributed by atoms with Gasteiger partial charge in [-0.3, -0.25) is 9.59 Å². The first-order valence-electron chi connectivity index (χ1n) is 19.4. The monoisotopic (exact) mass is 677 g/mol. The average Bonchev–Trinajstić information content (AvgIpc) is 3.07. The van der Waals surface area contributed by atoms with Crippen LogP contribution in [0.4, 0.5) is 0 Å². The van der Waals surface area contributed by atoms with Crippen LogP contribution in [0.5, 0.6) is 0 Å². The lowest BCUT2D eigenvalue weighted by atomic mass is 10.0. The first kappa shape index (κ1) is 45.6. The summed E-state index contributed by atoms with van der Waals surface area (Å²) >= 11 is 0. The second kappa shape index (κ2) is 39.1. The zero-order valence-corrected chi connectivity index (χ0v) is 31.3. The minimum Gasteiger partial charge on any atom is -0.394 e. The van der Waals surface area contributed by atoms with Crippen LogP contribution in [-0.2, 0) is 14.1 Å². The maximum atomic E-state index is 12.2. The number of unbranched alkanes of at least 4 members (excludes halogenated alkanes) is 18. The van der Waals surface area contributed by atoms with E-state index in [-0.39, 0.29) is 27.5 Å². The first-order chi connectivity index (χ1) is 23.1. The van der Waals surface area contributed by atoms with E-state index in [0.29, 0.717) is 12.2 Å². The molecule has 5 nitrogen and oxygen atoms in total. The molecule has 0 heterocycles. The van der Waals surface area contributed by atoms with Gasteiger partial charge in [0.25, 0.3) is 0 Å². The Hall–Kier alpha value is -1.39. The van der Waals surface area contributed by atoms with Crippen molar-refractivity contribution >= 4 is 20.1 Å². The van der Waals surface area contributed by atoms with Crippen molar-refractivity contribution < 1.29 is 24.3 Å².